The molecule has 0 amide bonds. The van der Waals surface area contributed by atoms with Gasteiger partial charge >= 0.3 is 0 Å². The summed E-state index contributed by atoms with van der Waals surface area (Å²) in [5, 5.41) is 9.30. The molecule has 62 valence electrons. The average Bonchev–Trinajstić information content (AvgIpc) is 2.81. The number of Topliss-reactive ketones (excluding diaryl/α,β-unsaturated/α-hetero) is 1. The SMILES string of the molecule is C=CCCC(=O)C(O)C1CC1. The Morgan fingerprint density at radius 1 is 1.73 bits per heavy atom. The molecule has 1 aliphatic carbocycles. The second-order valence-corrected chi connectivity index (χ2v) is 3.08. The smallest absolute Gasteiger partial charge is 0.161 e. The zero-order valence-corrected chi connectivity index (χ0v) is 6.62. The summed E-state index contributed by atoms with van der Waals surface area (Å²) in [5.74, 6) is 0.250. The number of allylic oxidation sites excluding steroid dienone is 1. The van der Waals surface area contributed by atoms with Gasteiger partial charge in [0.05, 0.1) is 0 Å². The molecule has 2 heteroatoms. The average molecular weight is 154 g/mol. The van der Waals surface area contributed by atoms with E-state index in [1.807, 2.05) is 0 Å². The molecule has 1 aliphatic rings. The van der Waals surface area contributed by atoms with Crippen LogP contribution in [0.4, 0.5) is 0 Å². The second-order valence-electron chi connectivity index (χ2n) is 3.08. The molecule has 0 aromatic heterocycles. The Labute approximate surface area is 66.9 Å². The van der Waals surface area contributed by atoms with Crippen LogP contribution in [0.5, 0.6) is 0 Å². The summed E-state index contributed by atoms with van der Waals surface area (Å²) in [6.07, 6.45) is 4.18. The zero-order valence-electron chi connectivity index (χ0n) is 6.62. The highest BCUT2D eigenvalue weighted by Crippen LogP contribution is 2.33. The Morgan fingerprint density at radius 3 is 2.82 bits per heavy atom. The standard InChI is InChI=1S/C9H14O2/c1-2-3-4-8(10)9(11)7-5-6-7/h2,7,9,11H,1,3-6H2. The van der Waals surface area contributed by atoms with Gasteiger partial charge in [0.2, 0.25) is 0 Å². The lowest BCUT2D eigenvalue weighted by atomic mass is 10.1. The first-order chi connectivity index (χ1) is 5.25. The van der Waals surface area contributed by atoms with Crippen molar-refractivity contribution in [1.29, 1.82) is 0 Å². The maximum atomic E-state index is 11.1. The quantitative estimate of drug-likeness (QED) is 0.606. The van der Waals surface area contributed by atoms with Crippen LogP contribution in [0.3, 0.4) is 0 Å². The normalized spacial score (nSPS) is 19.4. The van der Waals surface area contributed by atoms with E-state index in [1.54, 1.807) is 6.08 Å². The van der Waals surface area contributed by atoms with Gasteiger partial charge < -0.3 is 5.11 Å². The Bertz CT molecular complexity index is 159. The number of carbonyl (C=O) groups is 1. The van der Waals surface area contributed by atoms with Crippen LogP contribution in [0.25, 0.3) is 0 Å². The molecular weight excluding hydrogens is 140 g/mol. The lowest BCUT2D eigenvalue weighted by Crippen LogP contribution is -2.21. The first-order valence-corrected chi connectivity index (χ1v) is 4.07. The van der Waals surface area contributed by atoms with Crippen LogP contribution in [0, 0.1) is 5.92 Å². The fourth-order valence-corrected chi connectivity index (χ4v) is 1.07. The third-order valence-corrected chi connectivity index (χ3v) is 1.99. The topological polar surface area (TPSA) is 37.3 Å². The highest BCUT2D eigenvalue weighted by atomic mass is 16.3. The van der Waals surface area contributed by atoms with Crippen LogP contribution in [0.1, 0.15) is 25.7 Å². The number of hydrogen-bond acceptors (Lipinski definition) is 2. The number of aliphatic hydroxyl groups excluding tert-OH is 1. The molecule has 0 aliphatic heterocycles. The van der Waals surface area contributed by atoms with Crippen molar-refractivity contribution in [3.05, 3.63) is 12.7 Å². The molecule has 1 saturated carbocycles. The summed E-state index contributed by atoms with van der Waals surface area (Å²) in [6.45, 7) is 3.52. The van der Waals surface area contributed by atoms with E-state index >= 15 is 0 Å². The molecule has 1 N–H and O–H groups in total. The van der Waals surface area contributed by atoms with E-state index in [-0.39, 0.29) is 11.7 Å². The molecule has 0 heterocycles. The Kier molecular flexibility index (Phi) is 2.83. The van der Waals surface area contributed by atoms with Gasteiger partial charge in [0.15, 0.2) is 5.78 Å². The summed E-state index contributed by atoms with van der Waals surface area (Å²) in [4.78, 5) is 11.1. The van der Waals surface area contributed by atoms with Crippen LogP contribution in [-0.4, -0.2) is 17.0 Å². The summed E-state index contributed by atoms with van der Waals surface area (Å²) < 4.78 is 0. The molecule has 0 aromatic carbocycles. The molecule has 0 bridgehead atoms. The minimum absolute atomic E-state index is 0.0209. The van der Waals surface area contributed by atoms with Gasteiger partial charge in [-0.2, -0.15) is 0 Å². The number of aliphatic hydroxyl groups is 1. The number of hydrogen-bond donors (Lipinski definition) is 1. The molecular formula is C9H14O2. The molecule has 1 rings (SSSR count). The fourth-order valence-electron chi connectivity index (χ4n) is 1.07. The van der Waals surface area contributed by atoms with E-state index in [0.29, 0.717) is 12.8 Å². The van der Waals surface area contributed by atoms with Gasteiger partial charge in [-0.15, -0.1) is 6.58 Å². The van der Waals surface area contributed by atoms with Gasteiger partial charge in [-0.25, -0.2) is 0 Å². The van der Waals surface area contributed by atoms with Crippen LogP contribution >= 0.6 is 0 Å². The molecule has 0 aromatic rings. The van der Waals surface area contributed by atoms with E-state index in [2.05, 4.69) is 6.58 Å². The molecule has 2 nitrogen and oxygen atoms in total. The number of rotatable bonds is 5. The third-order valence-electron chi connectivity index (χ3n) is 1.99. The van der Waals surface area contributed by atoms with Gasteiger partial charge in [0.1, 0.15) is 6.10 Å². The first kappa shape index (κ1) is 8.47. The molecule has 0 spiro atoms. The van der Waals surface area contributed by atoms with Crippen molar-refractivity contribution in [2.24, 2.45) is 5.92 Å². The Balaban J connectivity index is 2.21. The Hall–Kier alpha value is -0.630. The molecule has 1 atom stereocenters. The van der Waals surface area contributed by atoms with Gasteiger partial charge in [0, 0.05) is 6.42 Å². The molecule has 0 radical (unpaired) electrons. The zero-order chi connectivity index (χ0) is 8.27. The summed E-state index contributed by atoms with van der Waals surface area (Å²) >= 11 is 0. The number of carbonyl (C=O) groups excluding carboxylic acids is 1. The van der Waals surface area contributed by atoms with Crippen molar-refractivity contribution in [1.82, 2.24) is 0 Å². The lowest BCUT2D eigenvalue weighted by Gasteiger charge is -2.05. The maximum absolute atomic E-state index is 11.1. The second kappa shape index (κ2) is 3.67. The molecule has 1 unspecified atom stereocenters. The monoisotopic (exact) mass is 154 g/mol. The van der Waals surface area contributed by atoms with Crippen LogP contribution in [0.2, 0.25) is 0 Å². The van der Waals surface area contributed by atoms with E-state index in [9.17, 15) is 9.90 Å². The number of ketones is 1. The van der Waals surface area contributed by atoms with Crippen molar-refractivity contribution in [2.75, 3.05) is 0 Å². The largest absolute Gasteiger partial charge is 0.385 e. The van der Waals surface area contributed by atoms with E-state index in [0.717, 1.165) is 12.8 Å². The summed E-state index contributed by atoms with van der Waals surface area (Å²) in [6, 6.07) is 0. The fraction of sp³-hybridized carbons (Fsp3) is 0.667. The van der Waals surface area contributed by atoms with E-state index < -0.39 is 6.10 Å². The van der Waals surface area contributed by atoms with Crippen molar-refractivity contribution in [2.45, 2.75) is 31.8 Å². The van der Waals surface area contributed by atoms with Crippen LogP contribution in [-0.2, 0) is 4.79 Å². The molecule has 11 heavy (non-hydrogen) atoms. The van der Waals surface area contributed by atoms with Crippen molar-refractivity contribution >= 4 is 5.78 Å². The van der Waals surface area contributed by atoms with Crippen molar-refractivity contribution in [3.63, 3.8) is 0 Å². The predicted octanol–water partition coefficient (Wildman–Crippen LogP) is 1.29. The Morgan fingerprint density at radius 2 is 2.36 bits per heavy atom. The molecule has 1 fully saturated rings. The van der Waals surface area contributed by atoms with Gasteiger partial charge in [-0.05, 0) is 25.2 Å². The first-order valence-electron chi connectivity index (χ1n) is 4.07. The third kappa shape index (κ3) is 2.46. The highest BCUT2D eigenvalue weighted by Gasteiger charge is 2.33. The summed E-state index contributed by atoms with van der Waals surface area (Å²) in [7, 11) is 0. The lowest BCUT2D eigenvalue weighted by molar-refractivity contribution is -0.128. The minimum Gasteiger partial charge on any atom is -0.385 e. The molecule has 0 saturated heterocycles. The summed E-state index contributed by atoms with van der Waals surface area (Å²) in [5.41, 5.74) is 0. The minimum atomic E-state index is -0.685. The van der Waals surface area contributed by atoms with Gasteiger partial charge in [-0.3, -0.25) is 4.79 Å². The van der Waals surface area contributed by atoms with Crippen molar-refractivity contribution < 1.29 is 9.90 Å². The van der Waals surface area contributed by atoms with E-state index in [1.165, 1.54) is 0 Å². The van der Waals surface area contributed by atoms with Crippen molar-refractivity contribution in [3.8, 4) is 0 Å². The van der Waals surface area contributed by atoms with Gasteiger partial charge in [-0.1, -0.05) is 6.08 Å². The van der Waals surface area contributed by atoms with Crippen LogP contribution < -0.4 is 0 Å². The van der Waals surface area contributed by atoms with Crippen LogP contribution in [0.15, 0.2) is 12.7 Å². The van der Waals surface area contributed by atoms with E-state index in [4.69, 9.17) is 0 Å². The highest BCUT2D eigenvalue weighted by molar-refractivity contribution is 5.83. The maximum Gasteiger partial charge on any atom is 0.161 e. The van der Waals surface area contributed by atoms with Gasteiger partial charge in [0.25, 0.3) is 0 Å². The predicted molar refractivity (Wildman–Crippen MR) is 43.2 cm³/mol.